The Balaban J connectivity index is 1.43. The van der Waals surface area contributed by atoms with Gasteiger partial charge in [-0.25, -0.2) is 4.98 Å². The first-order valence-corrected chi connectivity index (χ1v) is 11.6. The van der Waals surface area contributed by atoms with Crippen LogP contribution in [0.2, 0.25) is 0 Å². The quantitative estimate of drug-likeness (QED) is 0.264. The molecular formula is C28H32N2O3. The van der Waals surface area contributed by atoms with E-state index in [1.807, 2.05) is 18.2 Å². The molecule has 0 saturated carbocycles. The summed E-state index contributed by atoms with van der Waals surface area (Å²) >= 11 is 0. The summed E-state index contributed by atoms with van der Waals surface area (Å²) in [5.74, 6) is 3.47. The fourth-order valence-electron chi connectivity index (χ4n) is 4.07. The zero-order valence-electron chi connectivity index (χ0n) is 19.7. The van der Waals surface area contributed by atoms with Gasteiger partial charge in [0.1, 0.15) is 11.6 Å². The Morgan fingerprint density at radius 3 is 2.33 bits per heavy atom. The van der Waals surface area contributed by atoms with Crippen LogP contribution < -0.4 is 14.2 Å². The summed E-state index contributed by atoms with van der Waals surface area (Å²) < 4.78 is 19.1. The van der Waals surface area contributed by atoms with E-state index in [0.717, 1.165) is 66.4 Å². The van der Waals surface area contributed by atoms with Crippen LogP contribution in [0.1, 0.15) is 36.7 Å². The van der Waals surface area contributed by atoms with Gasteiger partial charge in [-0.15, -0.1) is 0 Å². The molecular weight excluding hydrogens is 412 g/mol. The molecule has 1 heterocycles. The molecule has 0 saturated heterocycles. The van der Waals surface area contributed by atoms with Crippen LogP contribution in [0, 0.1) is 0 Å². The van der Waals surface area contributed by atoms with Crippen LogP contribution >= 0.6 is 0 Å². The Labute approximate surface area is 195 Å². The molecule has 4 aromatic rings. The Morgan fingerprint density at radius 1 is 0.818 bits per heavy atom. The van der Waals surface area contributed by atoms with Crippen LogP contribution in [-0.4, -0.2) is 30.4 Å². The molecule has 0 fully saturated rings. The van der Waals surface area contributed by atoms with E-state index in [0.29, 0.717) is 6.61 Å². The normalized spacial score (nSPS) is 11.0. The standard InChI is InChI=1S/C28H32N2O3/c1-4-21-11-14-23(15-12-21)33-18-8-7-17-30-25-10-6-5-9-24(25)29-28(30)20-22-13-16-26(31-2)27(19-22)32-3/h5-6,9-16,19H,4,7-8,17-18,20H2,1-3H3. The minimum Gasteiger partial charge on any atom is -0.494 e. The highest BCUT2D eigenvalue weighted by Gasteiger charge is 2.13. The Hall–Kier alpha value is -3.47. The molecule has 0 unspecified atom stereocenters. The zero-order valence-corrected chi connectivity index (χ0v) is 19.7. The summed E-state index contributed by atoms with van der Waals surface area (Å²) in [4.78, 5) is 4.93. The van der Waals surface area contributed by atoms with Crippen molar-refractivity contribution in [3.05, 3.63) is 83.7 Å². The SMILES string of the molecule is CCc1ccc(OCCCCn2c(Cc3ccc(OC)c(OC)c3)nc3ccccc32)cc1. The minimum atomic E-state index is 0.711. The fraction of sp³-hybridized carbons (Fsp3) is 0.321. The molecule has 0 atom stereocenters. The van der Waals surface area contributed by atoms with Gasteiger partial charge in [-0.1, -0.05) is 37.3 Å². The minimum absolute atomic E-state index is 0.711. The van der Waals surface area contributed by atoms with Crippen molar-refractivity contribution >= 4 is 11.0 Å². The Bertz CT molecular complexity index is 1180. The molecule has 5 heteroatoms. The van der Waals surface area contributed by atoms with Gasteiger partial charge in [-0.05, 0) is 66.8 Å². The van der Waals surface area contributed by atoms with Gasteiger partial charge in [0, 0.05) is 13.0 Å². The van der Waals surface area contributed by atoms with Gasteiger partial charge < -0.3 is 18.8 Å². The van der Waals surface area contributed by atoms with E-state index in [-0.39, 0.29) is 0 Å². The number of ether oxygens (including phenoxy) is 3. The highest BCUT2D eigenvalue weighted by molar-refractivity contribution is 5.76. The second kappa shape index (κ2) is 10.9. The van der Waals surface area contributed by atoms with E-state index in [9.17, 15) is 0 Å². The van der Waals surface area contributed by atoms with Crippen LogP contribution in [0.3, 0.4) is 0 Å². The molecule has 0 N–H and O–H groups in total. The first-order valence-electron chi connectivity index (χ1n) is 11.6. The van der Waals surface area contributed by atoms with Crippen molar-refractivity contribution in [3.8, 4) is 17.2 Å². The molecule has 3 aromatic carbocycles. The number of fused-ring (bicyclic) bond motifs is 1. The predicted octanol–water partition coefficient (Wildman–Crippen LogP) is 6.07. The molecule has 33 heavy (non-hydrogen) atoms. The molecule has 0 aliphatic carbocycles. The van der Waals surface area contributed by atoms with E-state index in [1.54, 1.807) is 14.2 Å². The van der Waals surface area contributed by atoms with Crippen molar-refractivity contribution in [1.82, 2.24) is 9.55 Å². The number of para-hydroxylation sites is 2. The van der Waals surface area contributed by atoms with Gasteiger partial charge in [0.05, 0.1) is 31.9 Å². The van der Waals surface area contributed by atoms with Crippen LogP contribution in [0.5, 0.6) is 17.2 Å². The summed E-state index contributed by atoms with van der Waals surface area (Å²) in [6, 6.07) is 22.8. The van der Waals surface area contributed by atoms with E-state index in [1.165, 1.54) is 11.1 Å². The average Bonchev–Trinajstić information content (AvgIpc) is 3.21. The van der Waals surface area contributed by atoms with Gasteiger partial charge in [0.2, 0.25) is 0 Å². The van der Waals surface area contributed by atoms with Gasteiger partial charge in [-0.3, -0.25) is 0 Å². The van der Waals surface area contributed by atoms with E-state index in [4.69, 9.17) is 19.2 Å². The van der Waals surface area contributed by atoms with Crippen molar-refractivity contribution < 1.29 is 14.2 Å². The van der Waals surface area contributed by atoms with Crippen LogP contribution in [-0.2, 0) is 19.4 Å². The number of aryl methyl sites for hydroxylation is 2. The van der Waals surface area contributed by atoms with Crippen molar-refractivity contribution in [1.29, 1.82) is 0 Å². The highest BCUT2D eigenvalue weighted by Crippen LogP contribution is 2.29. The first kappa shape index (κ1) is 22.7. The number of rotatable bonds is 11. The van der Waals surface area contributed by atoms with Crippen LogP contribution in [0.25, 0.3) is 11.0 Å². The second-order valence-corrected chi connectivity index (χ2v) is 8.09. The van der Waals surface area contributed by atoms with Gasteiger partial charge in [0.15, 0.2) is 11.5 Å². The lowest BCUT2D eigenvalue weighted by Crippen LogP contribution is -2.07. The number of methoxy groups -OCH3 is 2. The molecule has 0 aliphatic rings. The number of hydrogen-bond acceptors (Lipinski definition) is 4. The number of aromatic nitrogens is 2. The summed E-state index contributed by atoms with van der Waals surface area (Å²) in [7, 11) is 3.32. The molecule has 0 bridgehead atoms. The maximum absolute atomic E-state index is 5.94. The highest BCUT2D eigenvalue weighted by atomic mass is 16.5. The topological polar surface area (TPSA) is 45.5 Å². The molecule has 172 valence electrons. The monoisotopic (exact) mass is 444 g/mol. The second-order valence-electron chi connectivity index (χ2n) is 8.09. The van der Waals surface area contributed by atoms with Gasteiger partial charge in [0.25, 0.3) is 0 Å². The number of nitrogens with zero attached hydrogens (tertiary/aromatic N) is 2. The van der Waals surface area contributed by atoms with E-state index < -0.39 is 0 Å². The molecule has 4 rings (SSSR count). The van der Waals surface area contributed by atoms with Gasteiger partial charge >= 0.3 is 0 Å². The average molecular weight is 445 g/mol. The fourth-order valence-corrected chi connectivity index (χ4v) is 4.07. The van der Waals surface area contributed by atoms with Crippen molar-refractivity contribution in [3.63, 3.8) is 0 Å². The number of benzene rings is 3. The molecule has 0 radical (unpaired) electrons. The summed E-state index contributed by atoms with van der Waals surface area (Å²) in [6.45, 7) is 3.78. The zero-order chi connectivity index (χ0) is 23.0. The maximum atomic E-state index is 5.94. The maximum Gasteiger partial charge on any atom is 0.161 e. The van der Waals surface area contributed by atoms with Crippen molar-refractivity contribution in [2.75, 3.05) is 20.8 Å². The smallest absolute Gasteiger partial charge is 0.161 e. The first-order chi connectivity index (χ1) is 16.2. The Kier molecular flexibility index (Phi) is 7.51. The molecule has 0 aliphatic heterocycles. The van der Waals surface area contributed by atoms with Gasteiger partial charge in [-0.2, -0.15) is 0 Å². The number of unbranched alkanes of at least 4 members (excludes halogenated alkanes) is 1. The predicted molar refractivity (Wildman–Crippen MR) is 133 cm³/mol. The van der Waals surface area contributed by atoms with Crippen LogP contribution in [0.15, 0.2) is 66.7 Å². The molecule has 0 amide bonds. The lowest BCUT2D eigenvalue weighted by molar-refractivity contribution is 0.303. The molecule has 5 nitrogen and oxygen atoms in total. The lowest BCUT2D eigenvalue weighted by Gasteiger charge is -2.12. The Morgan fingerprint density at radius 2 is 1.58 bits per heavy atom. The lowest BCUT2D eigenvalue weighted by atomic mass is 10.1. The third kappa shape index (κ3) is 5.48. The molecule has 1 aromatic heterocycles. The summed E-state index contributed by atoms with van der Waals surface area (Å²) in [6.07, 6.45) is 3.78. The van der Waals surface area contributed by atoms with Crippen LogP contribution in [0.4, 0.5) is 0 Å². The number of hydrogen-bond donors (Lipinski definition) is 0. The third-order valence-corrected chi connectivity index (χ3v) is 5.92. The number of imidazole rings is 1. The van der Waals surface area contributed by atoms with Crippen molar-refractivity contribution in [2.45, 2.75) is 39.2 Å². The summed E-state index contributed by atoms with van der Waals surface area (Å²) in [5.41, 5.74) is 4.67. The van der Waals surface area contributed by atoms with E-state index in [2.05, 4.69) is 60.0 Å². The van der Waals surface area contributed by atoms with E-state index >= 15 is 0 Å². The van der Waals surface area contributed by atoms with Crippen molar-refractivity contribution in [2.24, 2.45) is 0 Å². The third-order valence-electron chi connectivity index (χ3n) is 5.92. The summed E-state index contributed by atoms with van der Waals surface area (Å²) in [5, 5.41) is 0. The largest absolute Gasteiger partial charge is 0.494 e. The molecule has 0 spiro atoms.